The van der Waals surface area contributed by atoms with Gasteiger partial charge in [0.15, 0.2) is 0 Å². The van der Waals surface area contributed by atoms with Gasteiger partial charge in [0.2, 0.25) is 0 Å². The fourth-order valence-corrected chi connectivity index (χ4v) is 1.77. The average Bonchev–Trinajstić information content (AvgIpc) is 2.24. The Labute approximate surface area is 111 Å². The van der Waals surface area contributed by atoms with Crippen LogP contribution in [0.25, 0.3) is 0 Å². The van der Waals surface area contributed by atoms with Gasteiger partial charge in [0.05, 0.1) is 6.33 Å². The molecule has 0 amide bonds. The van der Waals surface area contributed by atoms with Crippen molar-refractivity contribution in [1.29, 1.82) is 0 Å². The minimum atomic E-state index is -0.0982. The molecule has 0 aliphatic carbocycles. The van der Waals surface area contributed by atoms with Gasteiger partial charge < -0.3 is 10.3 Å². The SMILES string of the molecule is CCC(Br)CCNc1nc[nH]c(=O)c1I. The highest BCUT2D eigenvalue weighted by Gasteiger charge is 2.05. The zero-order valence-corrected chi connectivity index (χ0v) is 12.1. The second kappa shape index (κ2) is 6.47. The zero-order valence-electron chi connectivity index (χ0n) is 8.39. The summed E-state index contributed by atoms with van der Waals surface area (Å²) in [6.45, 7) is 2.95. The second-order valence-electron chi connectivity index (χ2n) is 3.12. The first-order valence-electron chi connectivity index (χ1n) is 4.76. The van der Waals surface area contributed by atoms with E-state index in [9.17, 15) is 4.79 Å². The van der Waals surface area contributed by atoms with E-state index in [-0.39, 0.29) is 5.56 Å². The lowest BCUT2D eigenvalue weighted by Crippen LogP contribution is -2.16. The van der Waals surface area contributed by atoms with Crippen molar-refractivity contribution in [2.75, 3.05) is 11.9 Å². The molecule has 0 spiro atoms. The average molecular weight is 386 g/mol. The van der Waals surface area contributed by atoms with Crippen LogP contribution in [-0.2, 0) is 0 Å². The van der Waals surface area contributed by atoms with Crippen molar-refractivity contribution in [3.63, 3.8) is 0 Å². The fourth-order valence-electron chi connectivity index (χ4n) is 1.06. The molecule has 0 aromatic carbocycles. The summed E-state index contributed by atoms with van der Waals surface area (Å²) in [6.07, 6.45) is 3.53. The molecule has 0 bridgehead atoms. The van der Waals surface area contributed by atoms with Crippen LogP contribution in [0.2, 0.25) is 0 Å². The monoisotopic (exact) mass is 385 g/mol. The first-order valence-corrected chi connectivity index (χ1v) is 6.75. The van der Waals surface area contributed by atoms with Crippen molar-refractivity contribution in [3.05, 3.63) is 20.3 Å². The van der Waals surface area contributed by atoms with Crippen molar-refractivity contribution < 1.29 is 0 Å². The Morgan fingerprint density at radius 3 is 3.13 bits per heavy atom. The van der Waals surface area contributed by atoms with Gasteiger partial charge in [-0.3, -0.25) is 4.79 Å². The Hall–Kier alpha value is -0.110. The highest BCUT2D eigenvalue weighted by molar-refractivity contribution is 14.1. The maximum atomic E-state index is 11.2. The van der Waals surface area contributed by atoms with Crippen LogP contribution < -0.4 is 10.9 Å². The molecule has 0 aliphatic rings. The van der Waals surface area contributed by atoms with Gasteiger partial charge in [-0.15, -0.1) is 0 Å². The van der Waals surface area contributed by atoms with Crippen LogP contribution in [0, 0.1) is 3.57 Å². The van der Waals surface area contributed by atoms with E-state index in [0.717, 1.165) is 19.4 Å². The molecule has 84 valence electrons. The van der Waals surface area contributed by atoms with Crippen molar-refractivity contribution in [1.82, 2.24) is 9.97 Å². The number of hydrogen-bond donors (Lipinski definition) is 2. The van der Waals surface area contributed by atoms with Crippen molar-refractivity contribution in [2.45, 2.75) is 24.6 Å². The number of aromatic amines is 1. The molecule has 4 nitrogen and oxygen atoms in total. The minimum absolute atomic E-state index is 0.0982. The molecular weight excluding hydrogens is 373 g/mol. The Morgan fingerprint density at radius 1 is 1.73 bits per heavy atom. The molecule has 2 N–H and O–H groups in total. The number of nitrogens with one attached hydrogen (secondary N) is 2. The van der Waals surface area contributed by atoms with E-state index in [2.05, 4.69) is 38.1 Å². The standard InChI is InChI=1S/C9H13BrIN3O/c1-2-6(10)3-4-12-8-7(11)9(15)14-5-13-8/h5-6H,2-4H2,1H3,(H2,12,13,14,15). The van der Waals surface area contributed by atoms with E-state index in [1.807, 2.05) is 22.6 Å². The summed E-state index contributed by atoms with van der Waals surface area (Å²) in [5.41, 5.74) is -0.0982. The van der Waals surface area contributed by atoms with E-state index in [1.165, 1.54) is 6.33 Å². The molecule has 6 heteroatoms. The van der Waals surface area contributed by atoms with Gasteiger partial charge >= 0.3 is 0 Å². The maximum Gasteiger partial charge on any atom is 0.266 e. The van der Waals surface area contributed by atoms with Gasteiger partial charge in [-0.1, -0.05) is 22.9 Å². The van der Waals surface area contributed by atoms with Gasteiger partial charge in [0.1, 0.15) is 9.39 Å². The number of hydrogen-bond acceptors (Lipinski definition) is 3. The Kier molecular flexibility index (Phi) is 5.59. The summed E-state index contributed by atoms with van der Waals surface area (Å²) in [5.74, 6) is 0.662. The quantitative estimate of drug-likeness (QED) is 0.604. The number of rotatable bonds is 5. The van der Waals surface area contributed by atoms with Gasteiger partial charge in [0, 0.05) is 11.4 Å². The third kappa shape index (κ3) is 4.10. The van der Waals surface area contributed by atoms with E-state index in [0.29, 0.717) is 14.2 Å². The minimum Gasteiger partial charge on any atom is -0.369 e. The van der Waals surface area contributed by atoms with Gasteiger partial charge in [-0.25, -0.2) is 4.98 Å². The normalized spacial score (nSPS) is 12.5. The second-order valence-corrected chi connectivity index (χ2v) is 5.49. The third-order valence-electron chi connectivity index (χ3n) is 1.99. The number of alkyl halides is 1. The Balaban J connectivity index is 2.51. The van der Waals surface area contributed by atoms with Crippen LogP contribution in [0.3, 0.4) is 0 Å². The molecule has 0 aliphatic heterocycles. The summed E-state index contributed by atoms with van der Waals surface area (Å²) >= 11 is 5.54. The lowest BCUT2D eigenvalue weighted by molar-refractivity contribution is 0.772. The summed E-state index contributed by atoms with van der Waals surface area (Å²) < 4.78 is 0.609. The highest BCUT2D eigenvalue weighted by atomic mass is 127. The maximum absolute atomic E-state index is 11.2. The molecule has 0 saturated carbocycles. The van der Waals surface area contributed by atoms with E-state index < -0.39 is 0 Å². The summed E-state index contributed by atoms with van der Waals surface area (Å²) in [7, 11) is 0. The summed E-state index contributed by atoms with van der Waals surface area (Å²) in [4.78, 5) is 18.4. The van der Waals surface area contributed by atoms with Crippen LogP contribution in [-0.4, -0.2) is 21.3 Å². The first-order chi connectivity index (χ1) is 7.15. The fraction of sp³-hybridized carbons (Fsp3) is 0.556. The summed E-state index contributed by atoms with van der Waals surface area (Å²) in [5, 5.41) is 3.15. The molecule has 1 rings (SSSR count). The highest BCUT2D eigenvalue weighted by Crippen LogP contribution is 2.12. The van der Waals surface area contributed by atoms with Crippen LogP contribution in [0.5, 0.6) is 0 Å². The van der Waals surface area contributed by atoms with Crippen molar-refractivity contribution in [2.24, 2.45) is 0 Å². The van der Waals surface area contributed by atoms with Gasteiger partial charge in [-0.2, -0.15) is 0 Å². The zero-order chi connectivity index (χ0) is 11.3. The molecular formula is C9H13BrIN3O. The number of H-pyrrole nitrogens is 1. The molecule has 1 unspecified atom stereocenters. The van der Waals surface area contributed by atoms with Gasteiger partial charge in [0.25, 0.3) is 5.56 Å². The van der Waals surface area contributed by atoms with Crippen molar-refractivity contribution in [3.8, 4) is 0 Å². The summed E-state index contributed by atoms with van der Waals surface area (Å²) in [6, 6.07) is 0. The topological polar surface area (TPSA) is 57.8 Å². The predicted molar refractivity (Wildman–Crippen MR) is 73.7 cm³/mol. The van der Waals surface area contributed by atoms with Crippen LogP contribution >= 0.6 is 38.5 Å². The van der Waals surface area contributed by atoms with E-state index in [4.69, 9.17) is 0 Å². The lowest BCUT2D eigenvalue weighted by atomic mass is 10.2. The third-order valence-corrected chi connectivity index (χ3v) is 4.10. The molecule has 0 radical (unpaired) electrons. The smallest absolute Gasteiger partial charge is 0.266 e. The number of anilines is 1. The largest absolute Gasteiger partial charge is 0.369 e. The van der Waals surface area contributed by atoms with Crippen LogP contribution in [0.1, 0.15) is 19.8 Å². The van der Waals surface area contributed by atoms with Crippen LogP contribution in [0.15, 0.2) is 11.1 Å². The predicted octanol–water partition coefficient (Wildman–Crippen LogP) is 2.35. The Morgan fingerprint density at radius 2 is 2.47 bits per heavy atom. The number of aromatic nitrogens is 2. The molecule has 0 fully saturated rings. The first kappa shape index (κ1) is 13.0. The van der Waals surface area contributed by atoms with E-state index in [1.54, 1.807) is 0 Å². The van der Waals surface area contributed by atoms with E-state index >= 15 is 0 Å². The lowest BCUT2D eigenvalue weighted by Gasteiger charge is -2.09. The molecule has 15 heavy (non-hydrogen) atoms. The number of halogens is 2. The number of nitrogens with zero attached hydrogens (tertiary/aromatic N) is 1. The molecule has 1 aromatic heterocycles. The molecule has 1 atom stereocenters. The molecule has 0 saturated heterocycles. The molecule has 1 heterocycles. The molecule has 1 aromatic rings. The van der Waals surface area contributed by atoms with Gasteiger partial charge in [-0.05, 0) is 35.4 Å². The Bertz CT molecular complexity index is 369. The van der Waals surface area contributed by atoms with Crippen molar-refractivity contribution >= 4 is 44.3 Å². The van der Waals surface area contributed by atoms with Crippen LogP contribution in [0.4, 0.5) is 5.82 Å².